The number of ether oxygens (including phenoxy) is 1. The third-order valence-corrected chi connectivity index (χ3v) is 3.86. The van der Waals surface area contributed by atoms with Crippen LogP contribution in [0.4, 0.5) is 4.39 Å². The van der Waals surface area contributed by atoms with Gasteiger partial charge < -0.3 is 14.6 Å². The molecule has 1 N–H and O–H groups in total. The van der Waals surface area contributed by atoms with E-state index in [2.05, 4.69) is 15.5 Å². The molecule has 3 rings (SSSR count). The molecular weight excluding hydrogens is 349 g/mol. The van der Waals surface area contributed by atoms with Crippen LogP contribution in [0.25, 0.3) is 11.5 Å². The maximum absolute atomic E-state index is 13.5. The molecule has 7 heteroatoms. The average Bonchev–Trinajstić information content (AvgIpc) is 3.17. The van der Waals surface area contributed by atoms with Crippen LogP contribution in [0.3, 0.4) is 0 Å². The summed E-state index contributed by atoms with van der Waals surface area (Å²) in [6, 6.07) is 13.3. The molecule has 3 aromatic rings. The summed E-state index contributed by atoms with van der Waals surface area (Å²) in [4.78, 5) is 16.2. The lowest BCUT2D eigenvalue weighted by Crippen LogP contribution is -2.28. The fraction of sp³-hybridized carbons (Fsp3) is 0.250. The Labute approximate surface area is 156 Å². The van der Waals surface area contributed by atoms with Crippen LogP contribution >= 0.6 is 0 Å². The minimum absolute atomic E-state index is 0.114. The Hall–Kier alpha value is -3.22. The summed E-state index contributed by atoms with van der Waals surface area (Å²) < 4.78 is 24.2. The number of halogens is 1. The zero-order chi connectivity index (χ0) is 19.2. The summed E-state index contributed by atoms with van der Waals surface area (Å²) in [5.74, 6) is 1.12. The van der Waals surface area contributed by atoms with Crippen molar-refractivity contribution in [1.82, 2.24) is 15.5 Å². The zero-order valence-corrected chi connectivity index (χ0v) is 15.1. The third-order valence-electron chi connectivity index (χ3n) is 3.86. The largest absolute Gasteiger partial charge is 0.484 e. The van der Waals surface area contributed by atoms with Crippen LogP contribution < -0.4 is 10.1 Å². The monoisotopic (exact) mass is 369 g/mol. The highest BCUT2D eigenvalue weighted by Crippen LogP contribution is 2.22. The fourth-order valence-electron chi connectivity index (χ4n) is 2.32. The highest BCUT2D eigenvalue weighted by molar-refractivity contribution is 5.77. The first-order chi connectivity index (χ1) is 13.0. The first kappa shape index (κ1) is 18.6. The number of amides is 1. The molecule has 1 amide bonds. The van der Waals surface area contributed by atoms with Crippen molar-refractivity contribution in [2.24, 2.45) is 0 Å². The lowest BCUT2D eigenvalue weighted by atomic mass is 10.2. The molecule has 0 radical (unpaired) electrons. The molecule has 0 aliphatic carbocycles. The number of hydrogen-bond donors (Lipinski definition) is 1. The molecule has 1 aromatic heterocycles. The zero-order valence-electron chi connectivity index (χ0n) is 15.1. The number of hydrogen-bond acceptors (Lipinski definition) is 5. The molecule has 0 unspecified atom stereocenters. The topological polar surface area (TPSA) is 77.2 Å². The SMILES string of the molecule is CC(C)c1noc(-c2ccc(OCC(=O)NCc3ccccc3F)cc2)n1. The van der Waals surface area contributed by atoms with Gasteiger partial charge in [-0.15, -0.1) is 0 Å². The van der Waals surface area contributed by atoms with Crippen molar-refractivity contribution in [2.75, 3.05) is 6.61 Å². The highest BCUT2D eigenvalue weighted by atomic mass is 19.1. The molecule has 6 nitrogen and oxygen atoms in total. The molecule has 0 aliphatic heterocycles. The quantitative estimate of drug-likeness (QED) is 0.687. The van der Waals surface area contributed by atoms with Crippen LogP contribution in [0.2, 0.25) is 0 Å². The summed E-state index contributed by atoms with van der Waals surface area (Å²) >= 11 is 0. The molecule has 2 aromatic carbocycles. The molecule has 0 saturated heterocycles. The van der Waals surface area contributed by atoms with E-state index >= 15 is 0 Å². The average molecular weight is 369 g/mol. The molecule has 0 atom stereocenters. The van der Waals surface area contributed by atoms with Crippen molar-refractivity contribution in [1.29, 1.82) is 0 Å². The van der Waals surface area contributed by atoms with Gasteiger partial charge in [-0.05, 0) is 30.3 Å². The van der Waals surface area contributed by atoms with E-state index in [1.165, 1.54) is 6.07 Å². The van der Waals surface area contributed by atoms with E-state index in [-0.39, 0.29) is 30.8 Å². The summed E-state index contributed by atoms with van der Waals surface area (Å²) in [5, 5.41) is 6.55. The first-order valence-electron chi connectivity index (χ1n) is 8.60. The Morgan fingerprint density at radius 3 is 2.59 bits per heavy atom. The van der Waals surface area contributed by atoms with Gasteiger partial charge in [-0.1, -0.05) is 37.2 Å². The van der Waals surface area contributed by atoms with Crippen molar-refractivity contribution in [3.8, 4) is 17.2 Å². The van der Waals surface area contributed by atoms with Gasteiger partial charge in [0.1, 0.15) is 11.6 Å². The van der Waals surface area contributed by atoms with Crippen molar-refractivity contribution in [3.05, 3.63) is 65.7 Å². The summed E-state index contributed by atoms with van der Waals surface area (Å²) in [7, 11) is 0. The van der Waals surface area contributed by atoms with Crippen LogP contribution in [0.5, 0.6) is 5.75 Å². The Balaban J connectivity index is 1.51. The molecule has 0 saturated carbocycles. The number of nitrogens with one attached hydrogen (secondary N) is 1. The number of carbonyl (C=O) groups excluding carboxylic acids is 1. The van der Waals surface area contributed by atoms with Gasteiger partial charge in [0.25, 0.3) is 11.8 Å². The number of carbonyl (C=O) groups is 1. The lowest BCUT2D eigenvalue weighted by molar-refractivity contribution is -0.123. The summed E-state index contributed by atoms with van der Waals surface area (Å²) in [5.41, 5.74) is 1.20. The summed E-state index contributed by atoms with van der Waals surface area (Å²) in [6.45, 7) is 3.93. The Kier molecular flexibility index (Phi) is 5.80. The van der Waals surface area contributed by atoms with Gasteiger partial charge >= 0.3 is 0 Å². The minimum atomic E-state index is -0.351. The predicted octanol–water partition coefficient (Wildman–Crippen LogP) is 3.69. The molecule has 0 bridgehead atoms. The Morgan fingerprint density at radius 1 is 1.19 bits per heavy atom. The normalized spacial score (nSPS) is 10.8. The van der Waals surface area contributed by atoms with Crippen LogP contribution in [0.1, 0.15) is 31.2 Å². The maximum atomic E-state index is 13.5. The summed E-state index contributed by atoms with van der Waals surface area (Å²) in [6.07, 6.45) is 0. The second kappa shape index (κ2) is 8.44. The van der Waals surface area contributed by atoms with Gasteiger partial charge in [0.05, 0.1) is 0 Å². The fourth-order valence-corrected chi connectivity index (χ4v) is 2.32. The third kappa shape index (κ3) is 4.91. The second-order valence-electron chi connectivity index (χ2n) is 6.29. The van der Waals surface area contributed by atoms with Crippen LogP contribution in [-0.2, 0) is 11.3 Å². The van der Waals surface area contributed by atoms with Gasteiger partial charge in [0.15, 0.2) is 12.4 Å². The van der Waals surface area contributed by atoms with E-state index in [0.29, 0.717) is 23.0 Å². The van der Waals surface area contributed by atoms with Gasteiger partial charge in [-0.2, -0.15) is 4.98 Å². The van der Waals surface area contributed by atoms with Crippen molar-refractivity contribution < 1.29 is 18.4 Å². The van der Waals surface area contributed by atoms with E-state index in [0.717, 1.165) is 5.56 Å². The molecule has 0 spiro atoms. The lowest BCUT2D eigenvalue weighted by Gasteiger charge is -2.08. The van der Waals surface area contributed by atoms with Crippen molar-refractivity contribution in [2.45, 2.75) is 26.3 Å². The second-order valence-corrected chi connectivity index (χ2v) is 6.29. The van der Waals surface area contributed by atoms with E-state index in [4.69, 9.17) is 9.26 Å². The first-order valence-corrected chi connectivity index (χ1v) is 8.60. The van der Waals surface area contributed by atoms with E-state index in [1.54, 1.807) is 42.5 Å². The standard InChI is InChI=1S/C20H20FN3O3/c1-13(2)19-23-20(27-24-19)14-7-9-16(10-8-14)26-12-18(25)22-11-15-5-3-4-6-17(15)21/h3-10,13H,11-12H2,1-2H3,(H,22,25). The van der Waals surface area contributed by atoms with Gasteiger partial charge in [-0.25, -0.2) is 4.39 Å². The molecule has 0 fully saturated rings. The number of aromatic nitrogens is 2. The number of nitrogens with zero attached hydrogens (tertiary/aromatic N) is 2. The van der Waals surface area contributed by atoms with Gasteiger partial charge in [0.2, 0.25) is 0 Å². The van der Waals surface area contributed by atoms with Gasteiger partial charge in [0, 0.05) is 23.6 Å². The van der Waals surface area contributed by atoms with Crippen LogP contribution in [-0.4, -0.2) is 22.7 Å². The maximum Gasteiger partial charge on any atom is 0.258 e. The minimum Gasteiger partial charge on any atom is -0.484 e. The van der Waals surface area contributed by atoms with E-state index in [1.807, 2.05) is 13.8 Å². The van der Waals surface area contributed by atoms with E-state index in [9.17, 15) is 9.18 Å². The Morgan fingerprint density at radius 2 is 1.93 bits per heavy atom. The van der Waals surface area contributed by atoms with Gasteiger partial charge in [-0.3, -0.25) is 4.79 Å². The molecule has 27 heavy (non-hydrogen) atoms. The highest BCUT2D eigenvalue weighted by Gasteiger charge is 2.12. The van der Waals surface area contributed by atoms with Crippen LogP contribution in [0, 0.1) is 5.82 Å². The Bertz CT molecular complexity index is 907. The number of benzene rings is 2. The molecule has 0 aliphatic rings. The molecule has 140 valence electrons. The smallest absolute Gasteiger partial charge is 0.258 e. The molecular formula is C20H20FN3O3. The van der Waals surface area contributed by atoms with Crippen molar-refractivity contribution in [3.63, 3.8) is 0 Å². The van der Waals surface area contributed by atoms with Crippen molar-refractivity contribution >= 4 is 5.91 Å². The predicted molar refractivity (Wildman–Crippen MR) is 97.6 cm³/mol. The van der Waals surface area contributed by atoms with E-state index < -0.39 is 0 Å². The van der Waals surface area contributed by atoms with Crippen LogP contribution in [0.15, 0.2) is 53.1 Å². The molecule has 1 heterocycles. The number of rotatable bonds is 7.